The molecule has 0 fully saturated rings. The van der Waals surface area contributed by atoms with E-state index in [4.69, 9.17) is 9.84 Å². The Morgan fingerprint density at radius 2 is 2.00 bits per heavy atom. The molecule has 0 aliphatic rings. The third-order valence-corrected chi connectivity index (χ3v) is 2.78. The molecule has 1 aromatic rings. The predicted molar refractivity (Wildman–Crippen MR) is 66.6 cm³/mol. The Morgan fingerprint density at radius 3 is 2.62 bits per heavy atom. The van der Waals surface area contributed by atoms with E-state index < -0.39 is 0 Å². The SMILES string of the molecule is COC(C)(C)CCNc1ccccc1CO. The first-order valence-corrected chi connectivity index (χ1v) is 5.57. The highest BCUT2D eigenvalue weighted by atomic mass is 16.5. The molecule has 0 saturated carbocycles. The molecule has 0 aliphatic heterocycles. The van der Waals surface area contributed by atoms with E-state index in [2.05, 4.69) is 19.2 Å². The molecule has 0 aromatic heterocycles. The molecule has 3 heteroatoms. The summed E-state index contributed by atoms with van der Waals surface area (Å²) in [4.78, 5) is 0. The number of aliphatic hydroxyl groups excluding tert-OH is 1. The van der Waals surface area contributed by atoms with Gasteiger partial charge in [0, 0.05) is 24.9 Å². The van der Waals surface area contributed by atoms with Crippen molar-refractivity contribution in [1.29, 1.82) is 0 Å². The van der Waals surface area contributed by atoms with Crippen LogP contribution < -0.4 is 5.32 Å². The highest BCUT2D eigenvalue weighted by molar-refractivity contribution is 5.50. The van der Waals surface area contributed by atoms with Crippen LogP contribution in [0.3, 0.4) is 0 Å². The van der Waals surface area contributed by atoms with Gasteiger partial charge in [-0.05, 0) is 26.3 Å². The van der Waals surface area contributed by atoms with Gasteiger partial charge in [0.15, 0.2) is 0 Å². The maximum Gasteiger partial charge on any atom is 0.0701 e. The van der Waals surface area contributed by atoms with Crippen LogP contribution in [0.25, 0.3) is 0 Å². The van der Waals surface area contributed by atoms with Crippen molar-refractivity contribution in [3.05, 3.63) is 29.8 Å². The fourth-order valence-corrected chi connectivity index (χ4v) is 1.43. The summed E-state index contributed by atoms with van der Waals surface area (Å²) in [6.45, 7) is 5.02. The van der Waals surface area contributed by atoms with Crippen molar-refractivity contribution in [1.82, 2.24) is 0 Å². The predicted octanol–water partition coefficient (Wildman–Crippen LogP) is 2.41. The van der Waals surface area contributed by atoms with Crippen LogP contribution in [0.2, 0.25) is 0 Å². The van der Waals surface area contributed by atoms with E-state index in [9.17, 15) is 0 Å². The molecule has 90 valence electrons. The number of benzene rings is 1. The quantitative estimate of drug-likeness (QED) is 0.778. The second kappa shape index (κ2) is 5.87. The summed E-state index contributed by atoms with van der Waals surface area (Å²) in [5.74, 6) is 0. The minimum atomic E-state index is -0.110. The number of ether oxygens (including phenoxy) is 1. The fourth-order valence-electron chi connectivity index (χ4n) is 1.43. The van der Waals surface area contributed by atoms with Crippen molar-refractivity contribution in [2.75, 3.05) is 19.0 Å². The molecular formula is C13H21NO2. The third-order valence-electron chi connectivity index (χ3n) is 2.78. The molecule has 1 aromatic carbocycles. The van der Waals surface area contributed by atoms with Gasteiger partial charge < -0.3 is 15.2 Å². The number of hydrogen-bond donors (Lipinski definition) is 2. The first-order chi connectivity index (χ1) is 7.59. The third kappa shape index (κ3) is 3.83. The van der Waals surface area contributed by atoms with Gasteiger partial charge >= 0.3 is 0 Å². The summed E-state index contributed by atoms with van der Waals surface area (Å²) in [5.41, 5.74) is 1.82. The monoisotopic (exact) mass is 223 g/mol. The molecular weight excluding hydrogens is 202 g/mol. The van der Waals surface area contributed by atoms with E-state index in [0.717, 1.165) is 24.2 Å². The minimum Gasteiger partial charge on any atom is -0.392 e. The Labute approximate surface area is 97.4 Å². The average Bonchev–Trinajstić information content (AvgIpc) is 2.29. The molecule has 0 aliphatic carbocycles. The van der Waals surface area contributed by atoms with Crippen LogP contribution >= 0.6 is 0 Å². The summed E-state index contributed by atoms with van der Waals surface area (Å²) < 4.78 is 5.34. The van der Waals surface area contributed by atoms with Gasteiger partial charge in [0.1, 0.15) is 0 Å². The zero-order valence-electron chi connectivity index (χ0n) is 10.3. The van der Waals surface area contributed by atoms with Crippen LogP contribution in [0.4, 0.5) is 5.69 Å². The molecule has 0 radical (unpaired) electrons. The maximum absolute atomic E-state index is 9.16. The summed E-state index contributed by atoms with van der Waals surface area (Å²) in [6.07, 6.45) is 0.920. The molecule has 0 spiro atoms. The molecule has 0 saturated heterocycles. The highest BCUT2D eigenvalue weighted by Crippen LogP contribution is 2.17. The standard InChI is InChI=1S/C13H21NO2/c1-13(2,16-3)8-9-14-12-7-5-4-6-11(12)10-15/h4-7,14-15H,8-10H2,1-3H3. The Kier molecular flexibility index (Phi) is 4.77. The Morgan fingerprint density at radius 1 is 1.31 bits per heavy atom. The molecule has 3 nitrogen and oxygen atoms in total. The van der Waals surface area contributed by atoms with E-state index in [1.165, 1.54) is 0 Å². The van der Waals surface area contributed by atoms with Gasteiger partial charge in [0.05, 0.1) is 12.2 Å². The summed E-state index contributed by atoms with van der Waals surface area (Å²) in [6, 6.07) is 7.79. The molecule has 0 unspecified atom stereocenters. The van der Waals surface area contributed by atoms with E-state index in [0.29, 0.717) is 0 Å². The molecule has 0 amide bonds. The molecule has 0 heterocycles. The summed E-state index contributed by atoms with van der Waals surface area (Å²) in [5, 5.41) is 12.5. The van der Waals surface area contributed by atoms with E-state index in [1.807, 2.05) is 24.3 Å². The van der Waals surface area contributed by atoms with Crippen LogP contribution in [0.5, 0.6) is 0 Å². The lowest BCUT2D eigenvalue weighted by atomic mass is 10.1. The van der Waals surface area contributed by atoms with Crippen LogP contribution in [0.15, 0.2) is 24.3 Å². The zero-order valence-corrected chi connectivity index (χ0v) is 10.3. The van der Waals surface area contributed by atoms with Crippen LogP contribution in [0.1, 0.15) is 25.8 Å². The molecule has 16 heavy (non-hydrogen) atoms. The Hall–Kier alpha value is -1.06. The first-order valence-electron chi connectivity index (χ1n) is 5.57. The molecule has 0 atom stereocenters. The smallest absolute Gasteiger partial charge is 0.0701 e. The second-order valence-electron chi connectivity index (χ2n) is 4.46. The fraction of sp³-hybridized carbons (Fsp3) is 0.538. The number of rotatable bonds is 6. The summed E-state index contributed by atoms with van der Waals surface area (Å²) in [7, 11) is 1.72. The van der Waals surface area contributed by atoms with Gasteiger partial charge in [0.25, 0.3) is 0 Å². The maximum atomic E-state index is 9.16. The largest absolute Gasteiger partial charge is 0.392 e. The number of nitrogens with one attached hydrogen (secondary N) is 1. The Balaban J connectivity index is 2.49. The van der Waals surface area contributed by atoms with Crippen LogP contribution in [-0.4, -0.2) is 24.4 Å². The molecule has 2 N–H and O–H groups in total. The number of aliphatic hydroxyl groups is 1. The van der Waals surface area contributed by atoms with Gasteiger partial charge in [-0.2, -0.15) is 0 Å². The van der Waals surface area contributed by atoms with Crippen molar-refractivity contribution in [3.63, 3.8) is 0 Å². The number of para-hydroxylation sites is 1. The van der Waals surface area contributed by atoms with Crippen molar-refractivity contribution < 1.29 is 9.84 Å². The number of methoxy groups -OCH3 is 1. The Bertz CT molecular complexity index is 323. The van der Waals surface area contributed by atoms with E-state index in [-0.39, 0.29) is 12.2 Å². The van der Waals surface area contributed by atoms with Crippen molar-refractivity contribution in [3.8, 4) is 0 Å². The lowest BCUT2D eigenvalue weighted by Gasteiger charge is -2.23. The van der Waals surface area contributed by atoms with Gasteiger partial charge in [0.2, 0.25) is 0 Å². The first kappa shape index (κ1) is 13.0. The lowest BCUT2D eigenvalue weighted by molar-refractivity contribution is 0.0185. The van der Waals surface area contributed by atoms with E-state index >= 15 is 0 Å². The van der Waals surface area contributed by atoms with Crippen LogP contribution in [0, 0.1) is 0 Å². The van der Waals surface area contributed by atoms with Gasteiger partial charge in [-0.15, -0.1) is 0 Å². The minimum absolute atomic E-state index is 0.0663. The highest BCUT2D eigenvalue weighted by Gasteiger charge is 2.15. The van der Waals surface area contributed by atoms with Crippen molar-refractivity contribution >= 4 is 5.69 Å². The average molecular weight is 223 g/mol. The zero-order chi connectivity index (χ0) is 12.0. The number of hydrogen-bond acceptors (Lipinski definition) is 3. The lowest BCUT2D eigenvalue weighted by Crippen LogP contribution is -2.25. The van der Waals surface area contributed by atoms with E-state index in [1.54, 1.807) is 7.11 Å². The van der Waals surface area contributed by atoms with Crippen LogP contribution in [-0.2, 0) is 11.3 Å². The van der Waals surface area contributed by atoms with Gasteiger partial charge in [-0.25, -0.2) is 0 Å². The normalized spacial score (nSPS) is 11.5. The van der Waals surface area contributed by atoms with Crippen molar-refractivity contribution in [2.24, 2.45) is 0 Å². The summed E-state index contributed by atoms with van der Waals surface area (Å²) >= 11 is 0. The van der Waals surface area contributed by atoms with Gasteiger partial charge in [-0.3, -0.25) is 0 Å². The molecule has 0 bridgehead atoms. The molecule has 1 rings (SSSR count). The van der Waals surface area contributed by atoms with Gasteiger partial charge in [-0.1, -0.05) is 18.2 Å². The number of anilines is 1. The topological polar surface area (TPSA) is 41.5 Å². The second-order valence-corrected chi connectivity index (χ2v) is 4.46. The van der Waals surface area contributed by atoms with Crippen molar-refractivity contribution in [2.45, 2.75) is 32.5 Å².